The first kappa shape index (κ1) is 15.1. The molecule has 2 fully saturated rings. The Bertz CT molecular complexity index is 517. The molecule has 1 aromatic rings. The fourth-order valence-corrected chi connectivity index (χ4v) is 3.09. The first-order chi connectivity index (χ1) is 10.7. The van der Waals surface area contributed by atoms with E-state index in [1.165, 1.54) is 5.56 Å². The third-order valence-electron chi connectivity index (χ3n) is 4.59. The normalized spacial score (nSPS) is 19.0. The zero-order chi connectivity index (χ0) is 15.4. The number of benzene rings is 1. The van der Waals surface area contributed by atoms with Gasteiger partial charge in [0.15, 0.2) is 0 Å². The van der Waals surface area contributed by atoms with Crippen molar-refractivity contribution in [2.45, 2.75) is 44.6 Å². The Labute approximate surface area is 131 Å². The van der Waals surface area contributed by atoms with Gasteiger partial charge in [-0.15, -0.1) is 0 Å². The summed E-state index contributed by atoms with van der Waals surface area (Å²) in [4.78, 5) is 25.7. The summed E-state index contributed by atoms with van der Waals surface area (Å²) in [5.74, 6) is 0.516. The van der Waals surface area contributed by atoms with Crippen LogP contribution in [0.4, 0.5) is 0 Å². The van der Waals surface area contributed by atoms with Gasteiger partial charge < -0.3 is 10.2 Å². The molecular weight excluding hydrogens is 276 g/mol. The van der Waals surface area contributed by atoms with Crippen molar-refractivity contribution in [2.75, 3.05) is 13.1 Å². The second-order valence-electron chi connectivity index (χ2n) is 6.53. The van der Waals surface area contributed by atoms with Crippen LogP contribution in [0.15, 0.2) is 30.3 Å². The van der Waals surface area contributed by atoms with E-state index in [1.54, 1.807) is 0 Å². The van der Waals surface area contributed by atoms with Gasteiger partial charge in [-0.3, -0.25) is 9.59 Å². The molecule has 4 heteroatoms. The van der Waals surface area contributed by atoms with Gasteiger partial charge in [-0.05, 0) is 43.6 Å². The van der Waals surface area contributed by atoms with E-state index in [1.807, 2.05) is 11.0 Å². The van der Waals surface area contributed by atoms with Crippen molar-refractivity contribution >= 4 is 11.8 Å². The van der Waals surface area contributed by atoms with Crippen molar-refractivity contribution in [1.82, 2.24) is 10.2 Å². The molecule has 1 saturated heterocycles. The molecule has 0 radical (unpaired) electrons. The molecule has 3 rings (SSSR count). The van der Waals surface area contributed by atoms with E-state index in [2.05, 4.69) is 29.6 Å². The number of likely N-dealkylation sites (tertiary alicyclic amines) is 1. The van der Waals surface area contributed by atoms with Crippen molar-refractivity contribution in [3.63, 3.8) is 0 Å². The molecule has 0 atom stereocenters. The monoisotopic (exact) mass is 300 g/mol. The maximum Gasteiger partial charge on any atom is 0.232 e. The molecule has 2 aliphatic rings. The molecule has 0 unspecified atom stereocenters. The lowest BCUT2D eigenvalue weighted by Crippen LogP contribution is -2.41. The van der Waals surface area contributed by atoms with Gasteiger partial charge in [-0.2, -0.15) is 0 Å². The molecular formula is C18H24N2O2. The second-order valence-corrected chi connectivity index (χ2v) is 6.53. The molecule has 1 heterocycles. The lowest BCUT2D eigenvalue weighted by Gasteiger charge is -2.32. The van der Waals surface area contributed by atoms with Crippen LogP contribution in [-0.2, 0) is 16.0 Å². The number of hydrogen-bond acceptors (Lipinski definition) is 2. The first-order valence-corrected chi connectivity index (χ1v) is 8.32. The average molecular weight is 300 g/mol. The summed E-state index contributed by atoms with van der Waals surface area (Å²) in [5, 5.41) is 2.88. The van der Waals surface area contributed by atoms with Crippen LogP contribution < -0.4 is 5.32 Å². The quantitative estimate of drug-likeness (QED) is 0.847. The van der Waals surface area contributed by atoms with Gasteiger partial charge >= 0.3 is 0 Å². The average Bonchev–Trinajstić information content (AvgIpc) is 3.32. The Balaban J connectivity index is 1.40. The summed E-state index contributed by atoms with van der Waals surface area (Å²) in [7, 11) is 0. The van der Waals surface area contributed by atoms with Gasteiger partial charge in [-0.25, -0.2) is 0 Å². The Hall–Kier alpha value is -1.84. The fourth-order valence-electron chi connectivity index (χ4n) is 3.09. The maximum atomic E-state index is 12.1. The molecule has 1 aromatic carbocycles. The van der Waals surface area contributed by atoms with Gasteiger partial charge in [0.25, 0.3) is 0 Å². The van der Waals surface area contributed by atoms with Gasteiger partial charge in [0.1, 0.15) is 6.42 Å². The molecule has 4 nitrogen and oxygen atoms in total. The van der Waals surface area contributed by atoms with Gasteiger partial charge in [0.05, 0.1) is 0 Å². The molecule has 22 heavy (non-hydrogen) atoms. The number of carbonyl (C=O) groups is 2. The van der Waals surface area contributed by atoms with Gasteiger partial charge in [-0.1, -0.05) is 30.3 Å². The Morgan fingerprint density at radius 3 is 2.36 bits per heavy atom. The van der Waals surface area contributed by atoms with Crippen molar-refractivity contribution in [1.29, 1.82) is 0 Å². The van der Waals surface area contributed by atoms with Crippen LogP contribution in [0.25, 0.3) is 0 Å². The number of rotatable bonds is 5. The van der Waals surface area contributed by atoms with Crippen LogP contribution >= 0.6 is 0 Å². The minimum atomic E-state index is -0.112. The number of carbonyl (C=O) groups excluding carboxylic acids is 2. The van der Waals surface area contributed by atoms with Gasteiger partial charge in [0, 0.05) is 19.1 Å². The van der Waals surface area contributed by atoms with E-state index in [0.29, 0.717) is 12.0 Å². The van der Waals surface area contributed by atoms with Crippen molar-refractivity contribution < 1.29 is 9.59 Å². The Kier molecular flexibility index (Phi) is 4.76. The van der Waals surface area contributed by atoms with Gasteiger partial charge in [0.2, 0.25) is 11.8 Å². The largest absolute Gasteiger partial charge is 0.353 e. The summed E-state index contributed by atoms with van der Waals surface area (Å²) >= 11 is 0. The molecule has 1 saturated carbocycles. The van der Waals surface area contributed by atoms with E-state index in [0.717, 1.165) is 45.2 Å². The summed E-state index contributed by atoms with van der Waals surface area (Å²) in [6, 6.07) is 10.9. The van der Waals surface area contributed by atoms with Crippen LogP contribution in [0.5, 0.6) is 0 Å². The SMILES string of the molecule is O=C(CC(=O)N1CCC(Cc2ccccc2)CC1)NC1CC1. The van der Waals surface area contributed by atoms with Crippen LogP contribution in [0.2, 0.25) is 0 Å². The van der Waals surface area contributed by atoms with Crippen molar-refractivity contribution in [3.05, 3.63) is 35.9 Å². The number of hydrogen-bond donors (Lipinski definition) is 1. The highest BCUT2D eigenvalue weighted by molar-refractivity contribution is 5.97. The predicted molar refractivity (Wildman–Crippen MR) is 85.2 cm³/mol. The molecule has 1 N–H and O–H groups in total. The highest BCUT2D eigenvalue weighted by atomic mass is 16.2. The van der Waals surface area contributed by atoms with E-state index >= 15 is 0 Å². The van der Waals surface area contributed by atoms with Crippen LogP contribution in [0.1, 0.15) is 37.7 Å². The van der Waals surface area contributed by atoms with E-state index in [4.69, 9.17) is 0 Å². The van der Waals surface area contributed by atoms with Crippen LogP contribution in [0, 0.1) is 5.92 Å². The highest BCUT2D eigenvalue weighted by Crippen LogP contribution is 2.22. The van der Waals surface area contributed by atoms with E-state index in [-0.39, 0.29) is 18.2 Å². The number of nitrogens with zero attached hydrogens (tertiary/aromatic N) is 1. The Morgan fingerprint density at radius 1 is 1.05 bits per heavy atom. The molecule has 1 aliphatic heterocycles. The van der Waals surface area contributed by atoms with E-state index < -0.39 is 0 Å². The number of piperidine rings is 1. The summed E-state index contributed by atoms with van der Waals surface area (Å²) in [5.41, 5.74) is 1.37. The maximum absolute atomic E-state index is 12.1. The smallest absolute Gasteiger partial charge is 0.232 e. The minimum Gasteiger partial charge on any atom is -0.353 e. The van der Waals surface area contributed by atoms with Crippen molar-refractivity contribution in [3.8, 4) is 0 Å². The summed E-state index contributed by atoms with van der Waals surface area (Å²) < 4.78 is 0. The van der Waals surface area contributed by atoms with Crippen molar-refractivity contribution in [2.24, 2.45) is 5.92 Å². The molecule has 0 aromatic heterocycles. The predicted octanol–water partition coefficient (Wildman–Crippen LogP) is 2.14. The standard InChI is InChI=1S/C18H24N2O2/c21-17(19-16-6-7-16)13-18(22)20-10-8-15(9-11-20)12-14-4-2-1-3-5-14/h1-5,15-16H,6-13H2,(H,19,21). The number of nitrogens with one attached hydrogen (secondary N) is 1. The Morgan fingerprint density at radius 2 is 1.73 bits per heavy atom. The first-order valence-electron chi connectivity index (χ1n) is 8.32. The fraction of sp³-hybridized carbons (Fsp3) is 0.556. The molecule has 118 valence electrons. The zero-order valence-corrected chi connectivity index (χ0v) is 13.0. The third kappa shape index (κ3) is 4.33. The second kappa shape index (κ2) is 6.95. The summed E-state index contributed by atoms with van der Waals surface area (Å²) in [6.45, 7) is 1.57. The minimum absolute atomic E-state index is 0.0137. The van der Waals surface area contributed by atoms with E-state index in [9.17, 15) is 9.59 Å². The highest BCUT2D eigenvalue weighted by Gasteiger charge is 2.27. The molecule has 2 amide bonds. The molecule has 1 aliphatic carbocycles. The lowest BCUT2D eigenvalue weighted by molar-refractivity contribution is -0.137. The topological polar surface area (TPSA) is 49.4 Å². The van der Waals surface area contributed by atoms with Crippen LogP contribution in [0.3, 0.4) is 0 Å². The lowest BCUT2D eigenvalue weighted by atomic mass is 9.90. The number of amides is 2. The zero-order valence-electron chi connectivity index (χ0n) is 13.0. The summed E-state index contributed by atoms with van der Waals surface area (Å²) in [6.07, 6.45) is 5.29. The molecule has 0 spiro atoms. The van der Waals surface area contributed by atoms with Crippen LogP contribution in [-0.4, -0.2) is 35.8 Å². The third-order valence-corrected chi connectivity index (χ3v) is 4.59. The molecule has 0 bridgehead atoms.